The van der Waals surface area contributed by atoms with Gasteiger partial charge in [-0.2, -0.15) is 5.10 Å². The van der Waals surface area contributed by atoms with Crippen molar-refractivity contribution < 1.29 is 23.9 Å². The number of anilines is 4. The van der Waals surface area contributed by atoms with Crippen molar-refractivity contribution in [2.24, 2.45) is 0 Å². The number of hydrogen-bond acceptors (Lipinski definition) is 7. The number of benzene rings is 4. The third kappa shape index (κ3) is 8.53. The molecule has 5 N–H and O–H groups in total. The minimum atomic E-state index is -0.751. The van der Waals surface area contributed by atoms with E-state index in [1.54, 1.807) is 6.20 Å². The number of esters is 1. The number of aryl methyl sites for hydroxylation is 4. The molecule has 1 unspecified atom stereocenters. The van der Waals surface area contributed by atoms with Crippen LogP contribution in [0.2, 0.25) is 0 Å². The normalized spacial score (nSPS) is 17.4. The van der Waals surface area contributed by atoms with Gasteiger partial charge in [-0.25, -0.2) is 19.3 Å². The number of aromatic amines is 1. The smallest absolute Gasteiger partial charge is 0.329 e. The van der Waals surface area contributed by atoms with Gasteiger partial charge in [0.1, 0.15) is 17.9 Å². The van der Waals surface area contributed by atoms with E-state index in [0.29, 0.717) is 12.8 Å². The summed E-state index contributed by atoms with van der Waals surface area (Å²) in [6, 6.07) is 20.1. The third-order valence-electron chi connectivity index (χ3n) is 12.7. The van der Waals surface area contributed by atoms with Gasteiger partial charge in [0.05, 0.1) is 19.0 Å². The molecule has 10 rings (SSSR count). The van der Waals surface area contributed by atoms with E-state index in [0.717, 1.165) is 116 Å². The van der Waals surface area contributed by atoms with Gasteiger partial charge in [-0.15, -0.1) is 0 Å². The lowest BCUT2D eigenvalue weighted by Gasteiger charge is -2.21. The molecule has 5 aromatic rings. The van der Waals surface area contributed by atoms with Crippen LogP contribution >= 0.6 is 15.9 Å². The van der Waals surface area contributed by atoms with Crippen molar-refractivity contribution in [1.82, 2.24) is 20.8 Å². The monoisotopic (exact) mass is 883 g/mol. The van der Waals surface area contributed by atoms with Crippen LogP contribution in [0, 0.1) is 0 Å². The first kappa shape index (κ1) is 40.5. The molecule has 13 heteroatoms. The largest absolute Gasteiger partial charge is 0.467 e. The second kappa shape index (κ2) is 17.6. The molecule has 12 nitrogen and oxygen atoms in total. The molecular weight excluding hydrogens is 834 g/mol. The fourth-order valence-corrected chi connectivity index (χ4v) is 10.4. The van der Waals surface area contributed by atoms with Crippen molar-refractivity contribution in [3.05, 3.63) is 133 Å². The first-order valence-corrected chi connectivity index (χ1v) is 22.2. The third-order valence-corrected chi connectivity index (χ3v) is 13.2. The van der Waals surface area contributed by atoms with Crippen molar-refractivity contribution in [2.75, 3.05) is 22.6 Å². The molecule has 0 radical (unpaired) electrons. The van der Waals surface area contributed by atoms with Crippen LogP contribution in [0.5, 0.6) is 0 Å². The van der Waals surface area contributed by atoms with Crippen molar-refractivity contribution in [3.63, 3.8) is 0 Å². The van der Waals surface area contributed by atoms with Gasteiger partial charge in [-0.05, 0) is 157 Å². The first-order valence-electron chi connectivity index (χ1n) is 21.4. The van der Waals surface area contributed by atoms with Crippen LogP contribution in [0.1, 0.15) is 81.3 Å². The maximum Gasteiger partial charge on any atom is 0.329 e. The number of fused-ring (bicyclic) bond motifs is 4. The molecule has 1 fully saturated rings. The average Bonchev–Trinajstić information content (AvgIpc) is 4.12. The van der Waals surface area contributed by atoms with Crippen molar-refractivity contribution >= 4 is 62.7 Å². The summed E-state index contributed by atoms with van der Waals surface area (Å²) in [5, 5.41) is 18.9. The molecule has 314 valence electrons. The zero-order valence-electron chi connectivity index (χ0n) is 34.3. The second-order valence-corrected chi connectivity index (χ2v) is 17.5. The molecule has 61 heavy (non-hydrogen) atoms. The summed E-state index contributed by atoms with van der Waals surface area (Å²) in [6.45, 7) is 0. The van der Waals surface area contributed by atoms with Crippen LogP contribution in [0.25, 0.3) is 0 Å². The number of imide groups is 1. The minimum Gasteiger partial charge on any atom is -0.467 e. The predicted molar refractivity (Wildman–Crippen MR) is 239 cm³/mol. The van der Waals surface area contributed by atoms with Gasteiger partial charge in [0.2, 0.25) is 0 Å². The number of methoxy groups -OCH3 is 1. The standard InChI is InChI=1S/C25H25N5O2.C23H25BrN2O3/c31-24-21(13-15-4-1-7-18(12-15)27-22-10-11-26-29-22)28-25(32)30(24)23-19-8-2-5-16(19)14-17-6-3-9-20(17)23;1-29-22(27)20(12-14-5-2-8-17(24)11-14)25-23(28)26-21-18-9-3-6-15(18)13-16-7-4-10-19(16)21/h1,4,7,10-12,14,21H,2-3,5-6,8-9,13H2,(H,28,32)(H2,26,27,29);2,5,8,11,13,20H,3-4,6-7,9-10,12H2,1H3,(H2,25,26,28)/t;20-/m.1/s1. The highest BCUT2D eigenvalue weighted by Crippen LogP contribution is 2.42. The number of nitrogens with one attached hydrogen (secondary N) is 5. The maximum absolute atomic E-state index is 13.5. The summed E-state index contributed by atoms with van der Waals surface area (Å²) in [5.74, 6) is 0.199. The summed E-state index contributed by atoms with van der Waals surface area (Å²) in [4.78, 5) is 53.1. The van der Waals surface area contributed by atoms with Crippen LogP contribution in [0.15, 0.2) is 77.4 Å². The number of H-pyrrole nitrogens is 1. The summed E-state index contributed by atoms with van der Waals surface area (Å²) >= 11 is 3.44. The molecule has 5 amide bonds. The lowest BCUT2D eigenvalue weighted by Crippen LogP contribution is -2.45. The number of ether oxygens (including phenoxy) is 1. The number of urea groups is 2. The van der Waals surface area contributed by atoms with E-state index in [4.69, 9.17) is 4.74 Å². The van der Waals surface area contributed by atoms with Gasteiger partial charge in [0, 0.05) is 34.8 Å². The first-order chi connectivity index (χ1) is 29.7. The Morgan fingerprint density at radius 3 is 2.05 bits per heavy atom. The van der Waals surface area contributed by atoms with Crippen molar-refractivity contribution in [3.8, 4) is 0 Å². The fourth-order valence-electron chi connectivity index (χ4n) is 9.94. The zero-order valence-corrected chi connectivity index (χ0v) is 35.9. The highest BCUT2D eigenvalue weighted by Gasteiger charge is 2.42. The Balaban J connectivity index is 0.000000157. The van der Waals surface area contributed by atoms with Crippen LogP contribution in [-0.4, -0.2) is 53.3 Å². The Morgan fingerprint density at radius 1 is 0.803 bits per heavy atom. The SMILES string of the molecule is COC(=O)[C@@H](Cc1cccc(Br)c1)NC(=O)Nc1c2c(cc3c1CCC3)CCC2.O=C1NC(Cc2cccc(Nc3ccn[nH]3)c2)C(=O)N1c1c2c(cc3c1CCC3)CCC2. The van der Waals surface area contributed by atoms with Gasteiger partial charge in [0.25, 0.3) is 5.91 Å². The fraction of sp³-hybridized carbons (Fsp3) is 0.354. The number of halogens is 1. The number of amides is 5. The molecule has 0 saturated carbocycles. The van der Waals surface area contributed by atoms with E-state index < -0.39 is 18.1 Å². The molecule has 5 aliphatic rings. The van der Waals surface area contributed by atoms with E-state index in [9.17, 15) is 19.2 Å². The lowest BCUT2D eigenvalue weighted by molar-refractivity contribution is -0.142. The summed E-state index contributed by atoms with van der Waals surface area (Å²) in [5.41, 5.74) is 15.0. The van der Waals surface area contributed by atoms with E-state index in [-0.39, 0.29) is 18.0 Å². The molecule has 1 aromatic heterocycles. The summed E-state index contributed by atoms with van der Waals surface area (Å²) in [7, 11) is 1.34. The Bertz CT molecular complexity index is 2460. The van der Waals surface area contributed by atoms with Crippen LogP contribution in [0.4, 0.5) is 32.5 Å². The van der Waals surface area contributed by atoms with Gasteiger partial charge in [0.15, 0.2) is 0 Å². The number of carbonyl (C=O) groups excluding carboxylic acids is 4. The van der Waals surface area contributed by atoms with Gasteiger partial charge < -0.3 is 26.0 Å². The van der Waals surface area contributed by atoms with Crippen LogP contribution < -0.4 is 26.2 Å². The molecule has 0 bridgehead atoms. The number of rotatable bonds is 10. The highest BCUT2D eigenvalue weighted by molar-refractivity contribution is 9.10. The molecule has 2 atom stereocenters. The lowest BCUT2D eigenvalue weighted by atomic mass is 9.97. The van der Waals surface area contributed by atoms with Gasteiger partial charge >= 0.3 is 18.0 Å². The zero-order chi connectivity index (χ0) is 42.0. The Labute approximate surface area is 363 Å². The van der Waals surface area contributed by atoms with Crippen molar-refractivity contribution in [2.45, 2.75) is 102 Å². The molecule has 4 aliphatic carbocycles. The Morgan fingerprint density at radius 2 is 1.43 bits per heavy atom. The second-order valence-electron chi connectivity index (χ2n) is 16.6. The number of nitrogens with zero attached hydrogens (tertiary/aromatic N) is 2. The number of carbonyl (C=O) groups is 4. The molecule has 1 aliphatic heterocycles. The highest BCUT2D eigenvalue weighted by atomic mass is 79.9. The molecule has 4 aromatic carbocycles. The van der Waals surface area contributed by atoms with E-state index in [2.05, 4.69) is 59.5 Å². The number of hydrogen-bond donors (Lipinski definition) is 5. The summed E-state index contributed by atoms with van der Waals surface area (Å²) in [6.07, 6.45) is 15.1. The Hall–Kier alpha value is -5.95. The van der Waals surface area contributed by atoms with Crippen LogP contribution in [-0.2, 0) is 78.5 Å². The maximum atomic E-state index is 13.5. The van der Waals surface area contributed by atoms with Crippen LogP contribution in [0.3, 0.4) is 0 Å². The van der Waals surface area contributed by atoms with E-state index in [1.165, 1.54) is 56.5 Å². The van der Waals surface area contributed by atoms with E-state index in [1.807, 2.05) is 54.6 Å². The average molecular weight is 885 g/mol. The van der Waals surface area contributed by atoms with E-state index >= 15 is 0 Å². The molecule has 0 spiro atoms. The predicted octanol–water partition coefficient (Wildman–Crippen LogP) is 8.13. The van der Waals surface area contributed by atoms with Crippen molar-refractivity contribution in [1.29, 1.82) is 0 Å². The number of aromatic nitrogens is 2. The quantitative estimate of drug-likeness (QED) is 0.0701. The summed E-state index contributed by atoms with van der Waals surface area (Å²) < 4.78 is 5.85. The molecular formula is C48H50BrN7O5. The van der Waals surface area contributed by atoms with Gasteiger partial charge in [-0.3, -0.25) is 9.89 Å². The molecule has 2 heterocycles. The topological polar surface area (TPSA) is 158 Å². The minimum absolute atomic E-state index is 0.142. The Kier molecular flexibility index (Phi) is 11.7. The van der Waals surface area contributed by atoms with Gasteiger partial charge in [-0.1, -0.05) is 52.3 Å². The molecule has 1 saturated heterocycles.